The van der Waals surface area contributed by atoms with Crippen LogP contribution in [0.1, 0.15) is 26.7 Å². The Hall–Kier alpha value is -1.30. The molecule has 0 aliphatic carbocycles. The highest BCUT2D eigenvalue weighted by Crippen LogP contribution is 2.25. The van der Waals surface area contributed by atoms with Crippen molar-refractivity contribution in [1.29, 1.82) is 0 Å². The molecule has 0 aromatic heterocycles. The van der Waals surface area contributed by atoms with Crippen molar-refractivity contribution in [3.8, 4) is 0 Å². The lowest BCUT2D eigenvalue weighted by Gasteiger charge is -2.33. The lowest BCUT2D eigenvalue weighted by atomic mass is 9.99. The number of aliphatic carboxylic acids is 1. The van der Waals surface area contributed by atoms with Crippen molar-refractivity contribution < 1.29 is 14.7 Å². The van der Waals surface area contributed by atoms with Gasteiger partial charge in [-0.15, -0.1) is 0 Å². The molecule has 0 spiro atoms. The lowest BCUT2D eigenvalue weighted by molar-refractivity contribution is -0.142. The van der Waals surface area contributed by atoms with Crippen molar-refractivity contribution in [2.45, 2.75) is 32.7 Å². The van der Waals surface area contributed by atoms with E-state index in [4.69, 9.17) is 0 Å². The highest BCUT2D eigenvalue weighted by molar-refractivity contribution is 5.78. The predicted octanol–water partition coefficient (Wildman–Crippen LogP) is 1.17. The Balaban J connectivity index is 2.06. The molecule has 21 heavy (non-hydrogen) atoms. The number of hydrogen-bond donors (Lipinski definition) is 1. The number of carbonyl (C=O) groups excluding carboxylic acids is 1. The van der Waals surface area contributed by atoms with Crippen molar-refractivity contribution in [3.05, 3.63) is 0 Å². The first-order valence-corrected chi connectivity index (χ1v) is 7.91. The maximum absolute atomic E-state index is 12.8. The number of likely N-dealkylation sites (N-methyl/N-ethyl adjacent to an activating group) is 1. The van der Waals surface area contributed by atoms with Crippen LogP contribution in [0.4, 0.5) is 4.79 Å². The van der Waals surface area contributed by atoms with E-state index in [0.29, 0.717) is 13.1 Å². The van der Waals surface area contributed by atoms with Gasteiger partial charge in [0.25, 0.3) is 0 Å². The molecule has 2 fully saturated rings. The zero-order valence-electron chi connectivity index (χ0n) is 13.3. The zero-order valence-corrected chi connectivity index (χ0v) is 13.3. The van der Waals surface area contributed by atoms with Crippen molar-refractivity contribution in [3.63, 3.8) is 0 Å². The van der Waals surface area contributed by atoms with Crippen LogP contribution in [0.25, 0.3) is 0 Å². The summed E-state index contributed by atoms with van der Waals surface area (Å²) in [4.78, 5) is 30.0. The Morgan fingerprint density at radius 1 is 1.19 bits per heavy atom. The summed E-state index contributed by atoms with van der Waals surface area (Å²) < 4.78 is 0. The third kappa shape index (κ3) is 3.48. The predicted molar refractivity (Wildman–Crippen MR) is 80.2 cm³/mol. The van der Waals surface area contributed by atoms with E-state index in [1.807, 2.05) is 11.8 Å². The van der Waals surface area contributed by atoms with Gasteiger partial charge in [-0.05, 0) is 32.4 Å². The maximum atomic E-state index is 12.8. The molecular formula is C15H27N3O3. The Bertz CT molecular complexity index is 402. The molecule has 0 radical (unpaired) electrons. The van der Waals surface area contributed by atoms with Gasteiger partial charge < -0.3 is 19.8 Å². The second-order valence-corrected chi connectivity index (χ2v) is 6.48. The minimum absolute atomic E-state index is 0.0211. The molecule has 0 aromatic carbocycles. The van der Waals surface area contributed by atoms with Crippen LogP contribution < -0.4 is 0 Å². The van der Waals surface area contributed by atoms with E-state index in [9.17, 15) is 14.7 Å². The van der Waals surface area contributed by atoms with E-state index in [1.54, 1.807) is 4.90 Å². The quantitative estimate of drug-likeness (QED) is 0.831. The van der Waals surface area contributed by atoms with Gasteiger partial charge in [-0.25, -0.2) is 4.79 Å². The highest BCUT2D eigenvalue weighted by Gasteiger charge is 2.39. The van der Waals surface area contributed by atoms with Gasteiger partial charge in [-0.1, -0.05) is 13.8 Å². The smallest absolute Gasteiger partial charge is 0.320 e. The summed E-state index contributed by atoms with van der Waals surface area (Å²) in [6.07, 6.45) is 1.91. The van der Waals surface area contributed by atoms with E-state index in [2.05, 4.69) is 18.9 Å². The monoisotopic (exact) mass is 297 g/mol. The van der Waals surface area contributed by atoms with E-state index in [-0.39, 0.29) is 18.0 Å². The average molecular weight is 297 g/mol. The Morgan fingerprint density at radius 2 is 1.90 bits per heavy atom. The number of hydrogen-bond acceptors (Lipinski definition) is 3. The number of amides is 2. The highest BCUT2D eigenvalue weighted by atomic mass is 16.4. The molecule has 0 aromatic rings. The number of urea groups is 1. The van der Waals surface area contributed by atoms with Crippen LogP contribution in [-0.2, 0) is 4.79 Å². The molecule has 2 amide bonds. The second-order valence-electron chi connectivity index (χ2n) is 6.48. The second kappa shape index (κ2) is 6.64. The third-order valence-corrected chi connectivity index (χ3v) is 4.82. The van der Waals surface area contributed by atoms with Gasteiger partial charge >= 0.3 is 12.0 Å². The lowest BCUT2D eigenvalue weighted by Crippen LogP contribution is -2.49. The normalized spacial score (nSPS) is 31.3. The van der Waals surface area contributed by atoms with Crippen LogP contribution in [0.5, 0.6) is 0 Å². The third-order valence-electron chi connectivity index (χ3n) is 4.82. The van der Waals surface area contributed by atoms with Crippen molar-refractivity contribution in [2.75, 3.05) is 39.8 Å². The van der Waals surface area contributed by atoms with Crippen LogP contribution in [0.2, 0.25) is 0 Å². The van der Waals surface area contributed by atoms with E-state index in [0.717, 1.165) is 32.5 Å². The minimum Gasteiger partial charge on any atom is -0.481 e. The standard InChI is InChI=1S/C15H27N3O3/c1-4-12-9-16(3)6-5-7-18(12)15(21)17-8-11(2)13(10-17)14(19)20/h11-13H,4-10H2,1-3H3,(H,19,20)/t11-,12?,13-/m1/s1. The van der Waals surface area contributed by atoms with Crippen LogP contribution in [-0.4, -0.2) is 77.6 Å². The van der Waals surface area contributed by atoms with Crippen molar-refractivity contribution >= 4 is 12.0 Å². The molecule has 2 aliphatic heterocycles. The summed E-state index contributed by atoms with van der Waals surface area (Å²) in [6, 6.07) is 0.247. The van der Waals surface area contributed by atoms with Gasteiger partial charge in [0.1, 0.15) is 0 Å². The fourth-order valence-electron chi connectivity index (χ4n) is 3.47. The fraction of sp³-hybridized carbons (Fsp3) is 0.867. The number of carboxylic acids is 1. The number of nitrogens with zero attached hydrogens (tertiary/aromatic N) is 3. The molecule has 2 aliphatic rings. The van der Waals surface area contributed by atoms with Crippen LogP contribution in [0.3, 0.4) is 0 Å². The summed E-state index contributed by atoms with van der Waals surface area (Å²) in [5.41, 5.74) is 0. The van der Waals surface area contributed by atoms with E-state index in [1.165, 1.54) is 0 Å². The molecule has 1 N–H and O–H groups in total. The minimum atomic E-state index is -0.791. The molecule has 120 valence electrons. The van der Waals surface area contributed by atoms with Gasteiger partial charge in [0.2, 0.25) is 0 Å². The Morgan fingerprint density at radius 3 is 2.48 bits per heavy atom. The first-order valence-electron chi connectivity index (χ1n) is 7.91. The van der Waals surface area contributed by atoms with Gasteiger partial charge in [-0.2, -0.15) is 0 Å². The molecule has 6 heteroatoms. The Labute approximate surface area is 126 Å². The average Bonchev–Trinajstić information content (AvgIpc) is 2.72. The first-order chi connectivity index (χ1) is 9.93. The topological polar surface area (TPSA) is 64.1 Å². The molecule has 1 unspecified atom stereocenters. The van der Waals surface area contributed by atoms with Gasteiger partial charge in [0, 0.05) is 32.2 Å². The summed E-state index contributed by atoms with van der Waals surface area (Å²) in [7, 11) is 2.09. The molecule has 0 saturated carbocycles. The van der Waals surface area contributed by atoms with Crippen molar-refractivity contribution in [2.24, 2.45) is 11.8 Å². The number of carboxylic acid groups (broad SMARTS) is 1. The fourth-order valence-corrected chi connectivity index (χ4v) is 3.47. The van der Waals surface area contributed by atoms with Gasteiger partial charge in [-0.3, -0.25) is 4.79 Å². The summed E-state index contributed by atoms with van der Waals surface area (Å²) >= 11 is 0. The van der Waals surface area contributed by atoms with Gasteiger partial charge in [0.05, 0.1) is 5.92 Å². The van der Waals surface area contributed by atoms with Crippen molar-refractivity contribution in [1.82, 2.24) is 14.7 Å². The summed E-state index contributed by atoms with van der Waals surface area (Å²) in [6.45, 7) is 7.60. The van der Waals surface area contributed by atoms with E-state index >= 15 is 0 Å². The SMILES string of the molecule is CCC1CN(C)CCCN1C(=O)N1C[C@@H](C)[C@H](C(=O)O)C1. The van der Waals surface area contributed by atoms with Crippen LogP contribution >= 0.6 is 0 Å². The first kappa shape index (κ1) is 16.1. The maximum Gasteiger partial charge on any atom is 0.320 e. The molecule has 0 bridgehead atoms. The largest absolute Gasteiger partial charge is 0.481 e. The van der Waals surface area contributed by atoms with E-state index < -0.39 is 11.9 Å². The number of carbonyl (C=O) groups is 2. The van der Waals surface area contributed by atoms with Gasteiger partial charge in [0.15, 0.2) is 0 Å². The molecule has 2 saturated heterocycles. The van der Waals surface area contributed by atoms with Crippen LogP contribution in [0, 0.1) is 11.8 Å². The number of rotatable bonds is 2. The molecule has 3 atom stereocenters. The Kier molecular flexibility index (Phi) is 5.08. The zero-order chi connectivity index (χ0) is 15.6. The summed E-state index contributed by atoms with van der Waals surface area (Å²) in [5.74, 6) is -1.19. The molecule has 2 rings (SSSR count). The molecule has 2 heterocycles. The molecule has 6 nitrogen and oxygen atoms in total. The molecular weight excluding hydrogens is 270 g/mol. The van der Waals surface area contributed by atoms with Crippen LogP contribution in [0.15, 0.2) is 0 Å². The number of likely N-dealkylation sites (tertiary alicyclic amines) is 1. The summed E-state index contributed by atoms with van der Waals surface area (Å²) in [5, 5.41) is 9.21.